The Hall–Kier alpha value is 1.76. The van der Waals surface area contributed by atoms with Gasteiger partial charge in [0.1, 0.15) is 0 Å². The molecule has 0 aromatic heterocycles. The van der Waals surface area contributed by atoms with Gasteiger partial charge in [-0.05, 0) is 0 Å². The van der Waals surface area contributed by atoms with E-state index < -0.39 is 0 Å². The van der Waals surface area contributed by atoms with Crippen molar-refractivity contribution in [3.05, 3.63) is 0 Å². The summed E-state index contributed by atoms with van der Waals surface area (Å²) in [6.07, 6.45) is 0. The molecular weight excluding hydrogens is 181 g/mol. The molecule has 0 unspecified atom stereocenters. The van der Waals surface area contributed by atoms with Crippen molar-refractivity contribution < 1.29 is 32.5 Å². The molecule has 4 heteroatoms. The molecule has 0 bridgehead atoms. The maximum atomic E-state index is 7.15. The predicted octanol–water partition coefficient (Wildman–Crippen LogP) is -0.904. The van der Waals surface area contributed by atoms with Crippen molar-refractivity contribution in [3.63, 3.8) is 0 Å². The van der Waals surface area contributed by atoms with Crippen molar-refractivity contribution in [2.24, 2.45) is 0 Å². The minimum absolute atomic E-state index is 0. The van der Waals surface area contributed by atoms with Gasteiger partial charge in [0.25, 0.3) is 0 Å². The molecule has 0 aliphatic rings. The molecule has 0 saturated heterocycles. The monoisotopic (exact) mass is 182 g/mol. The maximum Gasteiger partial charge on any atom is 0 e. The van der Waals surface area contributed by atoms with Crippen LogP contribution in [0.4, 0.5) is 0 Å². The molecule has 0 aliphatic carbocycles. The van der Waals surface area contributed by atoms with E-state index in [1.807, 2.05) is 0 Å². The molecule has 5 heavy (non-hydrogen) atoms. The number of hydrogen-bond acceptors (Lipinski definition) is 1. The van der Waals surface area contributed by atoms with Crippen molar-refractivity contribution in [2.75, 3.05) is 0 Å². The van der Waals surface area contributed by atoms with Crippen molar-refractivity contribution in [1.29, 1.82) is 5.26 Å². The molecule has 0 atom stereocenters. The summed E-state index contributed by atoms with van der Waals surface area (Å²) in [5.41, 5.74) is 0. The topological polar surface area (TPSA) is 23.8 Å². The van der Waals surface area contributed by atoms with E-state index in [0.717, 1.165) is 0 Å². The summed E-state index contributed by atoms with van der Waals surface area (Å²) in [6.45, 7) is 0. The molecule has 0 spiro atoms. The third-order valence-corrected chi connectivity index (χ3v) is 0. The zero-order valence-electron chi connectivity index (χ0n) is 1.62. The van der Waals surface area contributed by atoms with Gasteiger partial charge in [0.2, 0.25) is 0 Å². The van der Waals surface area contributed by atoms with Crippen LogP contribution >= 0.6 is 0 Å². The molecule has 0 aromatic rings. The minimum Gasteiger partial charge on any atom is 0 e. The van der Waals surface area contributed by atoms with Crippen LogP contribution in [0.1, 0.15) is 0 Å². The Labute approximate surface area is 79.3 Å². The molecule has 31 valence electrons. The SMILES string of the molecule is N#[C][Ni].[CaH2].[Fe]. The summed E-state index contributed by atoms with van der Waals surface area (Å²) in [6, 6.07) is 0. The van der Waals surface area contributed by atoms with Crippen LogP contribution in [0.25, 0.3) is 0 Å². The summed E-state index contributed by atoms with van der Waals surface area (Å²) >= 11 is 3.47. The van der Waals surface area contributed by atoms with E-state index in [2.05, 4.69) is 15.5 Å². The summed E-state index contributed by atoms with van der Waals surface area (Å²) in [5.74, 6) is 0. The number of nitriles is 1. The van der Waals surface area contributed by atoms with Crippen molar-refractivity contribution >= 4 is 37.7 Å². The molecule has 0 saturated carbocycles. The fourth-order valence-electron chi connectivity index (χ4n) is 0. The largest absolute Gasteiger partial charge is 0 e. The second-order valence-electron chi connectivity index (χ2n) is 0.0707. The Morgan fingerprint density at radius 2 is 1.60 bits per heavy atom. The molecule has 0 aromatic carbocycles. The van der Waals surface area contributed by atoms with Gasteiger partial charge in [0.15, 0.2) is 0 Å². The fourth-order valence-corrected chi connectivity index (χ4v) is 0. The Morgan fingerprint density at radius 1 is 1.60 bits per heavy atom. The zero-order valence-corrected chi connectivity index (χ0v) is 3.71. The van der Waals surface area contributed by atoms with Crippen LogP contribution in [0.2, 0.25) is 0 Å². The van der Waals surface area contributed by atoms with Gasteiger partial charge in [0, 0.05) is 17.1 Å². The Bertz CT molecular complexity index is 33.1. The Morgan fingerprint density at radius 3 is 1.60 bits per heavy atom. The fraction of sp³-hybridized carbons (Fsp3) is 0. The summed E-state index contributed by atoms with van der Waals surface area (Å²) < 4.78 is 0. The molecule has 0 aliphatic heterocycles. The molecule has 0 fully saturated rings. The van der Waals surface area contributed by atoms with Crippen molar-refractivity contribution in [1.82, 2.24) is 0 Å². The number of rotatable bonds is 0. The first-order valence-corrected chi connectivity index (χ1v) is 0.876. The molecule has 0 amide bonds. The molecular formula is CH2CaFeNNi. The van der Waals surface area contributed by atoms with E-state index in [9.17, 15) is 0 Å². The molecule has 1 nitrogen and oxygen atoms in total. The van der Waals surface area contributed by atoms with Crippen LogP contribution in [0.15, 0.2) is 0 Å². The quantitative estimate of drug-likeness (QED) is 0.446. The normalized spacial score (nSPS) is 1.80. The first-order chi connectivity index (χ1) is 1.41. The average molecular weight is 183 g/mol. The van der Waals surface area contributed by atoms with Gasteiger partial charge >= 0.3 is 63.5 Å². The molecule has 0 radical (unpaired) electrons. The summed E-state index contributed by atoms with van der Waals surface area (Å²) in [7, 11) is 0. The van der Waals surface area contributed by atoms with Gasteiger partial charge in [-0.1, -0.05) is 0 Å². The van der Waals surface area contributed by atoms with E-state index in [4.69, 9.17) is 5.26 Å². The van der Waals surface area contributed by atoms with Crippen molar-refractivity contribution in [3.8, 4) is 5.04 Å². The second kappa shape index (κ2) is 17.1. The summed E-state index contributed by atoms with van der Waals surface area (Å²) in [4.78, 5) is 0. The maximum absolute atomic E-state index is 7.15. The predicted molar refractivity (Wildman–Crippen MR) is 14.2 cm³/mol. The third kappa shape index (κ3) is 26.3. The molecule has 0 N–H and O–H groups in total. The zero-order chi connectivity index (χ0) is 2.71. The van der Waals surface area contributed by atoms with Gasteiger partial charge in [-0.25, -0.2) is 0 Å². The Kier molecular flexibility index (Phi) is 54.3. The van der Waals surface area contributed by atoms with Gasteiger partial charge < -0.3 is 0 Å². The number of nitrogens with zero attached hydrogens (tertiary/aromatic N) is 1. The first kappa shape index (κ1) is 15.9. The van der Waals surface area contributed by atoms with Crippen LogP contribution < -0.4 is 0 Å². The van der Waals surface area contributed by atoms with Gasteiger partial charge in [-0.2, -0.15) is 0 Å². The van der Waals surface area contributed by atoms with E-state index in [0.29, 0.717) is 0 Å². The van der Waals surface area contributed by atoms with Crippen molar-refractivity contribution in [2.45, 2.75) is 0 Å². The second-order valence-corrected chi connectivity index (χ2v) is 0.292. The van der Waals surface area contributed by atoms with E-state index in [1.165, 1.54) is 5.04 Å². The average Bonchev–Trinajstić information content (AvgIpc) is 0.918. The van der Waals surface area contributed by atoms with Gasteiger partial charge in [-0.15, -0.1) is 0 Å². The van der Waals surface area contributed by atoms with E-state index in [1.54, 1.807) is 0 Å². The third-order valence-electron chi connectivity index (χ3n) is 0. The first-order valence-electron chi connectivity index (χ1n) is 0.382. The van der Waals surface area contributed by atoms with E-state index in [-0.39, 0.29) is 54.8 Å². The smallest absolute Gasteiger partial charge is 0 e. The van der Waals surface area contributed by atoms with Crippen LogP contribution in [0.3, 0.4) is 0 Å². The summed E-state index contributed by atoms with van der Waals surface area (Å²) in [5, 5.41) is 8.53. The molecule has 0 heterocycles. The van der Waals surface area contributed by atoms with E-state index >= 15 is 0 Å². The van der Waals surface area contributed by atoms with Crippen LogP contribution in [-0.2, 0) is 32.5 Å². The van der Waals surface area contributed by atoms with Crippen LogP contribution in [0.5, 0.6) is 0 Å². The minimum atomic E-state index is 0. The molecule has 0 rings (SSSR count). The Balaban J connectivity index is -0.0000000200. The van der Waals surface area contributed by atoms with Gasteiger partial charge in [-0.3, -0.25) is 0 Å². The van der Waals surface area contributed by atoms with Crippen LogP contribution in [0, 0.1) is 10.3 Å². The van der Waals surface area contributed by atoms with Crippen LogP contribution in [-0.4, -0.2) is 37.7 Å². The van der Waals surface area contributed by atoms with Gasteiger partial charge in [0.05, 0.1) is 0 Å². The standard InChI is InChI=1S/CN.Ca.Fe.Ni.2H/c1-2;;;;;. The number of hydrogen-bond donors (Lipinski definition) is 0.